The van der Waals surface area contributed by atoms with Gasteiger partial charge < -0.3 is 4.18 Å². The van der Waals surface area contributed by atoms with Crippen LogP contribution in [-0.4, -0.2) is 20.1 Å². The summed E-state index contributed by atoms with van der Waals surface area (Å²) in [5.41, 5.74) is 0. The van der Waals surface area contributed by atoms with Crippen LogP contribution in [0.2, 0.25) is 0 Å². The number of carbonyl (C=O) groups is 1. The molecule has 0 spiro atoms. The molecule has 7 rings (SSSR count). The van der Waals surface area contributed by atoms with Crippen molar-refractivity contribution in [2.45, 2.75) is 52.5 Å². The van der Waals surface area contributed by atoms with E-state index in [2.05, 4.69) is 95.2 Å². The van der Waals surface area contributed by atoms with Crippen LogP contribution in [0.15, 0.2) is 106 Å². The van der Waals surface area contributed by atoms with Crippen molar-refractivity contribution in [2.24, 2.45) is 29.6 Å². The monoisotopic (exact) mass is 557 g/mol. The Morgan fingerprint density at radius 1 is 0.684 bits per heavy atom. The topological polar surface area (TPSA) is 60.4 Å². The van der Waals surface area contributed by atoms with E-state index in [0.29, 0.717) is 11.8 Å². The fourth-order valence-corrected chi connectivity index (χ4v) is 9.11. The van der Waals surface area contributed by atoms with Gasteiger partial charge in [0, 0.05) is 0 Å². The number of halogens is 2. The highest BCUT2D eigenvalue weighted by Crippen LogP contribution is 2.56. The lowest BCUT2D eigenvalue weighted by atomic mass is 9.52. The third-order valence-corrected chi connectivity index (χ3v) is 10.9. The predicted octanol–water partition coefficient (Wildman–Crippen LogP) is 6.94. The summed E-state index contributed by atoms with van der Waals surface area (Å²) >= 11 is 0. The van der Waals surface area contributed by atoms with Gasteiger partial charge in [-0.3, -0.25) is 4.79 Å². The number of benzene rings is 3. The van der Waals surface area contributed by atoms with Gasteiger partial charge in [-0.2, -0.15) is 17.2 Å². The second kappa shape index (κ2) is 11.6. The molecule has 0 radical (unpaired) electrons. The zero-order valence-corrected chi connectivity index (χ0v) is 22.5. The largest absolute Gasteiger partial charge is 0.375 e. The average Bonchev–Trinajstić information content (AvgIpc) is 2.90. The molecule has 4 nitrogen and oxygen atoms in total. The van der Waals surface area contributed by atoms with Crippen molar-refractivity contribution in [1.29, 1.82) is 0 Å². The Morgan fingerprint density at radius 3 is 1.39 bits per heavy atom. The zero-order chi connectivity index (χ0) is 26.7. The van der Waals surface area contributed by atoms with Gasteiger partial charge in [0.15, 0.2) is 14.7 Å². The van der Waals surface area contributed by atoms with E-state index in [0.717, 1.165) is 25.7 Å². The molecule has 0 heterocycles. The second-order valence-electron chi connectivity index (χ2n) is 10.4. The highest BCUT2D eigenvalue weighted by molar-refractivity contribution is 7.97. The van der Waals surface area contributed by atoms with Gasteiger partial charge in [0.2, 0.25) is 0 Å². The first-order chi connectivity index (χ1) is 18.3. The third-order valence-electron chi connectivity index (χ3n) is 7.85. The molecule has 4 aliphatic rings. The lowest BCUT2D eigenvalue weighted by molar-refractivity contribution is -0.152. The van der Waals surface area contributed by atoms with Crippen LogP contribution in [0.1, 0.15) is 32.1 Å². The van der Waals surface area contributed by atoms with Crippen molar-refractivity contribution in [3.63, 3.8) is 0 Å². The molecule has 3 aromatic rings. The van der Waals surface area contributed by atoms with Crippen LogP contribution in [0.4, 0.5) is 8.78 Å². The SMILES string of the molecule is O=C(OS(=O)(=O)C(F)F)C1C2CC3CC(C2)CC1C3.c1ccc([S+](c2ccccc2)c2ccccc2)cc1. The molecule has 4 bridgehead atoms. The minimum absolute atomic E-state index is 0.0146. The minimum Gasteiger partial charge on any atom is -0.341 e. The second-order valence-corrected chi connectivity index (χ2v) is 13.9. The van der Waals surface area contributed by atoms with Crippen molar-refractivity contribution in [1.82, 2.24) is 0 Å². The molecule has 0 atom stereocenters. The Bertz CT molecular complexity index is 1200. The maximum atomic E-state index is 12.2. The average molecular weight is 558 g/mol. The summed E-state index contributed by atoms with van der Waals surface area (Å²) in [5, 5.41) is 0. The van der Waals surface area contributed by atoms with Crippen LogP contribution in [0, 0.1) is 29.6 Å². The van der Waals surface area contributed by atoms with Crippen LogP contribution >= 0.6 is 0 Å². The van der Waals surface area contributed by atoms with E-state index in [4.69, 9.17) is 0 Å². The Hall–Kier alpha value is -2.71. The van der Waals surface area contributed by atoms with Gasteiger partial charge in [-0.1, -0.05) is 54.6 Å². The number of alkyl halides is 2. The molecule has 0 N–H and O–H groups in total. The molecule has 0 unspecified atom stereocenters. The molecule has 4 fully saturated rings. The van der Waals surface area contributed by atoms with E-state index < -0.39 is 27.8 Å². The molecule has 8 heteroatoms. The molecule has 0 amide bonds. The molecule has 200 valence electrons. The highest BCUT2D eigenvalue weighted by Gasteiger charge is 2.52. The predicted molar refractivity (Wildman–Crippen MR) is 143 cm³/mol. The molecule has 0 saturated heterocycles. The lowest BCUT2D eigenvalue weighted by Crippen LogP contribution is -2.48. The van der Waals surface area contributed by atoms with Gasteiger partial charge in [0.05, 0.1) is 16.8 Å². The summed E-state index contributed by atoms with van der Waals surface area (Å²) in [5.74, 6) is -3.63. The van der Waals surface area contributed by atoms with Gasteiger partial charge in [-0.05, 0) is 92.2 Å². The quantitative estimate of drug-likeness (QED) is 0.243. The number of carbonyl (C=O) groups excluding carboxylic acids is 1. The molecule has 4 saturated carbocycles. The van der Waals surface area contributed by atoms with E-state index in [1.165, 1.54) is 21.1 Å². The standard InChI is InChI=1S/C18H15S.C12H16F2O4S/c1-4-10-16(11-5-1)19(17-12-6-2-7-13-17)18-14-8-3-9-15-18;13-12(14)19(16,17)18-11(15)10-8-2-6-1-7(4-8)5-9(10)3-6/h1-15H;6-10,12H,1-5H2/q+1;. The zero-order valence-electron chi connectivity index (χ0n) is 20.9. The maximum absolute atomic E-state index is 12.2. The van der Waals surface area contributed by atoms with E-state index in [1.807, 2.05) is 0 Å². The molecular formula is C30H31F2O4S2+. The van der Waals surface area contributed by atoms with E-state index in [9.17, 15) is 22.0 Å². The van der Waals surface area contributed by atoms with Crippen molar-refractivity contribution in [3.05, 3.63) is 91.0 Å². The summed E-state index contributed by atoms with van der Waals surface area (Å²) in [6.07, 6.45) is 4.82. The smallest absolute Gasteiger partial charge is 0.341 e. The Morgan fingerprint density at radius 2 is 1.05 bits per heavy atom. The molecule has 3 aromatic carbocycles. The molecule has 4 aliphatic carbocycles. The summed E-state index contributed by atoms with van der Waals surface area (Å²) in [4.78, 5) is 16.0. The van der Waals surface area contributed by atoms with Gasteiger partial charge in [-0.15, -0.1) is 0 Å². The van der Waals surface area contributed by atoms with Crippen molar-refractivity contribution in [2.75, 3.05) is 0 Å². The van der Waals surface area contributed by atoms with Gasteiger partial charge in [0.1, 0.15) is 0 Å². The first-order valence-corrected chi connectivity index (χ1v) is 15.7. The summed E-state index contributed by atoms with van der Waals surface area (Å²) < 4.78 is 50.5. The maximum Gasteiger partial charge on any atom is 0.375 e. The van der Waals surface area contributed by atoms with Crippen LogP contribution in [0.25, 0.3) is 0 Å². The molecule has 0 aliphatic heterocycles. The number of hydrogen-bond donors (Lipinski definition) is 0. The first kappa shape index (κ1) is 26.9. The van der Waals surface area contributed by atoms with Crippen LogP contribution < -0.4 is 0 Å². The van der Waals surface area contributed by atoms with Crippen LogP contribution in [-0.2, 0) is 30.0 Å². The lowest BCUT2D eigenvalue weighted by Gasteiger charge is -2.53. The van der Waals surface area contributed by atoms with Gasteiger partial charge >= 0.3 is 21.8 Å². The van der Waals surface area contributed by atoms with Crippen LogP contribution in [0.3, 0.4) is 0 Å². The normalized spacial score (nSPS) is 25.6. The Balaban J connectivity index is 0.000000155. The Kier molecular flexibility index (Phi) is 8.19. The first-order valence-electron chi connectivity index (χ1n) is 13.0. The molecule has 38 heavy (non-hydrogen) atoms. The third kappa shape index (κ3) is 5.96. The van der Waals surface area contributed by atoms with Crippen molar-refractivity contribution in [3.8, 4) is 0 Å². The number of rotatable bonds is 6. The van der Waals surface area contributed by atoms with E-state index in [1.54, 1.807) is 0 Å². The van der Waals surface area contributed by atoms with Gasteiger partial charge in [-0.25, -0.2) is 0 Å². The summed E-state index contributed by atoms with van der Waals surface area (Å²) in [6, 6.07) is 32.2. The van der Waals surface area contributed by atoms with E-state index >= 15 is 0 Å². The molecular weight excluding hydrogens is 526 g/mol. The summed E-state index contributed by atoms with van der Waals surface area (Å²) in [6.45, 7) is 0. The fourth-order valence-electron chi connectivity index (χ4n) is 6.59. The van der Waals surface area contributed by atoms with E-state index in [-0.39, 0.29) is 22.7 Å². The van der Waals surface area contributed by atoms with Crippen molar-refractivity contribution < 1.29 is 26.2 Å². The molecule has 0 aromatic heterocycles. The van der Waals surface area contributed by atoms with Crippen molar-refractivity contribution >= 4 is 27.0 Å². The minimum atomic E-state index is -5.06. The highest BCUT2D eigenvalue weighted by atomic mass is 32.2. The van der Waals surface area contributed by atoms with Crippen LogP contribution in [0.5, 0.6) is 0 Å². The van der Waals surface area contributed by atoms with Gasteiger partial charge in [0.25, 0.3) is 0 Å². The Labute approximate surface area is 225 Å². The number of hydrogen-bond acceptors (Lipinski definition) is 4. The summed E-state index contributed by atoms with van der Waals surface area (Å²) in [7, 11) is -5.08. The fraction of sp³-hybridized carbons (Fsp3) is 0.367.